The van der Waals surface area contributed by atoms with Crippen molar-refractivity contribution in [1.82, 2.24) is 10.2 Å². The van der Waals surface area contributed by atoms with Crippen LogP contribution in [0.25, 0.3) is 0 Å². The van der Waals surface area contributed by atoms with Gasteiger partial charge in [0.25, 0.3) is 0 Å². The van der Waals surface area contributed by atoms with E-state index < -0.39 is 28.5 Å². The van der Waals surface area contributed by atoms with Crippen LogP contribution in [0.4, 0.5) is 5.69 Å². The molecule has 11 heteroatoms. The molecule has 2 atom stereocenters. The average Bonchev–Trinajstić information content (AvgIpc) is 2.76. The summed E-state index contributed by atoms with van der Waals surface area (Å²) in [6, 6.07) is 10.2. The van der Waals surface area contributed by atoms with Gasteiger partial charge in [-0.3, -0.25) is 13.9 Å². The Morgan fingerprint density at radius 1 is 1.00 bits per heavy atom. The van der Waals surface area contributed by atoms with Crippen LogP contribution in [0.2, 0.25) is 15.1 Å². The molecule has 0 heterocycles. The molecule has 34 heavy (non-hydrogen) atoms. The zero-order chi connectivity index (χ0) is 25.6. The topological polar surface area (TPSA) is 86.8 Å². The number of halogens is 3. The van der Waals surface area contributed by atoms with E-state index in [-0.39, 0.29) is 29.2 Å². The average molecular weight is 549 g/mol. The fourth-order valence-corrected chi connectivity index (χ4v) is 4.66. The molecule has 2 rings (SSSR count). The monoisotopic (exact) mass is 547 g/mol. The zero-order valence-corrected chi connectivity index (χ0v) is 22.5. The second-order valence-corrected chi connectivity index (χ2v) is 11.2. The van der Waals surface area contributed by atoms with E-state index >= 15 is 0 Å². The van der Waals surface area contributed by atoms with Gasteiger partial charge in [-0.2, -0.15) is 0 Å². The Labute approximate surface area is 216 Å². The number of hydrogen-bond donors (Lipinski definition) is 1. The van der Waals surface area contributed by atoms with Crippen LogP contribution in [-0.2, 0) is 26.2 Å². The van der Waals surface area contributed by atoms with Crippen molar-refractivity contribution < 1.29 is 18.0 Å². The number of carbonyl (C=O) groups excluding carboxylic acids is 2. The molecule has 0 aromatic heterocycles. The van der Waals surface area contributed by atoms with Crippen LogP contribution >= 0.6 is 34.8 Å². The summed E-state index contributed by atoms with van der Waals surface area (Å²) in [7, 11) is -3.89. The fraction of sp³-hybridized carbons (Fsp3) is 0.391. The molecule has 2 aromatic rings. The number of anilines is 1. The fourth-order valence-electron chi connectivity index (χ4n) is 3.11. The summed E-state index contributed by atoms with van der Waals surface area (Å²) in [5.74, 6) is -0.912. The minimum Gasteiger partial charge on any atom is -0.352 e. The first-order chi connectivity index (χ1) is 15.8. The molecule has 2 aromatic carbocycles. The van der Waals surface area contributed by atoms with E-state index in [9.17, 15) is 18.0 Å². The van der Waals surface area contributed by atoms with Crippen molar-refractivity contribution >= 4 is 62.3 Å². The first kappa shape index (κ1) is 28.2. The predicted molar refractivity (Wildman–Crippen MR) is 138 cm³/mol. The van der Waals surface area contributed by atoms with E-state index in [1.165, 1.54) is 23.1 Å². The van der Waals surface area contributed by atoms with Crippen molar-refractivity contribution in [3.8, 4) is 0 Å². The molecule has 0 aliphatic carbocycles. The first-order valence-electron chi connectivity index (χ1n) is 10.6. The number of nitrogens with one attached hydrogen (secondary N) is 1. The Morgan fingerprint density at radius 2 is 1.59 bits per heavy atom. The maximum Gasteiger partial charge on any atom is 0.244 e. The normalized spacial score (nSPS) is 13.1. The summed E-state index contributed by atoms with van der Waals surface area (Å²) in [4.78, 5) is 27.7. The number of hydrogen-bond acceptors (Lipinski definition) is 4. The van der Waals surface area contributed by atoms with Crippen molar-refractivity contribution in [2.75, 3.05) is 17.1 Å². The van der Waals surface area contributed by atoms with Crippen LogP contribution < -0.4 is 9.62 Å². The van der Waals surface area contributed by atoms with Crippen LogP contribution in [0.5, 0.6) is 0 Å². The molecule has 0 spiro atoms. The molecule has 0 bridgehead atoms. The van der Waals surface area contributed by atoms with Gasteiger partial charge < -0.3 is 10.2 Å². The number of rotatable bonds is 10. The first-order valence-corrected chi connectivity index (χ1v) is 13.6. The maximum atomic E-state index is 13.5. The van der Waals surface area contributed by atoms with Gasteiger partial charge in [-0.1, -0.05) is 53.9 Å². The number of nitrogens with zero attached hydrogens (tertiary/aromatic N) is 2. The van der Waals surface area contributed by atoms with E-state index in [2.05, 4.69) is 5.32 Å². The summed E-state index contributed by atoms with van der Waals surface area (Å²) in [5.41, 5.74) is 0.849. The minimum atomic E-state index is -3.89. The van der Waals surface area contributed by atoms with Crippen LogP contribution in [0.1, 0.15) is 32.8 Å². The van der Waals surface area contributed by atoms with E-state index in [1.807, 2.05) is 13.8 Å². The van der Waals surface area contributed by atoms with Gasteiger partial charge in [-0.15, -0.1) is 0 Å². The Morgan fingerprint density at radius 3 is 2.12 bits per heavy atom. The SMILES string of the molecule is CCC(C)NC(=O)C(C)N(Cc1ccc(Cl)cc1)C(=O)CN(c1ccc(Cl)cc1Cl)S(C)(=O)=O. The summed E-state index contributed by atoms with van der Waals surface area (Å²) >= 11 is 18.1. The molecular weight excluding hydrogens is 521 g/mol. The van der Waals surface area contributed by atoms with Gasteiger partial charge >= 0.3 is 0 Å². The molecule has 1 N–H and O–H groups in total. The lowest BCUT2D eigenvalue weighted by Crippen LogP contribution is -2.52. The molecule has 0 saturated heterocycles. The predicted octanol–water partition coefficient (Wildman–Crippen LogP) is 4.74. The summed E-state index contributed by atoms with van der Waals surface area (Å²) in [6.45, 7) is 4.94. The minimum absolute atomic E-state index is 0.0804. The Kier molecular flexibility index (Phi) is 10.1. The highest BCUT2D eigenvalue weighted by molar-refractivity contribution is 7.92. The van der Waals surface area contributed by atoms with Crippen molar-refractivity contribution in [1.29, 1.82) is 0 Å². The van der Waals surface area contributed by atoms with E-state index in [0.717, 1.165) is 22.5 Å². The van der Waals surface area contributed by atoms with Crippen LogP contribution in [-0.4, -0.2) is 50.0 Å². The van der Waals surface area contributed by atoms with Crippen LogP contribution in [0, 0.1) is 0 Å². The lowest BCUT2D eigenvalue weighted by molar-refractivity contribution is -0.139. The second-order valence-electron chi connectivity index (χ2n) is 8.01. The second kappa shape index (κ2) is 12.1. The van der Waals surface area contributed by atoms with Gasteiger partial charge in [0.1, 0.15) is 12.6 Å². The quantitative estimate of drug-likeness (QED) is 0.464. The van der Waals surface area contributed by atoms with E-state index in [4.69, 9.17) is 34.8 Å². The summed E-state index contributed by atoms with van der Waals surface area (Å²) < 4.78 is 26.1. The van der Waals surface area contributed by atoms with Gasteiger partial charge in [-0.05, 0) is 56.2 Å². The molecule has 0 aliphatic rings. The van der Waals surface area contributed by atoms with Gasteiger partial charge in [-0.25, -0.2) is 8.42 Å². The lowest BCUT2D eigenvalue weighted by atomic mass is 10.1. The van der Waals surface area contributed by atoms with Crippen molar-refractivity contribution in [2.45, 2.75) is 45.8 Å². The molecular formula is C23H28Cl3N3O4S. The highest BCUT2D eigenvalue weighted by Gasteiger charge is 2.31. The molecule has 0 radical (unpaired) electrons. The summed E-state index contributed by atoms with van der Waals surface area (Å²) in [6.07, 6.45) is 1.70. The highest BCUT2D eigenvalue weighted by atomic mass is 35.5. The van der Waals surface area contributed by atoms with Crippen LogP contribution in [0.3, 0.4) is 0 Å². The third-order valence-corrected chi connectivity index (χ3v) is 7.21. The molecule has 186 valence electrons. The zero-order valence-electron chi connectivity index (χ0n) is 19.4. The highest BCUT2D eigenvalue weighted by Crippen LogP contribution is 2.30. The largest absolute Gasteiger partial charge is 0.352 e. The number of carbonyl (C=O) groups is 2. The van der Waals surface area contributed by atoms with Gasteiger partial charge in [0, 0.05) is 22.6 Å². The molecule has 2 amide bonds. The van der Waals surface area contributed by atoms with Crippen molar-refractivity contribution in [3.63, 3.8) is 0 Å². The van der Waals surface area contributed by atoms with Crippen LogP contribution in [0.15, 0.2) is 42.5 Å². The third kappa shape index (κ3) is 7.77. The number of amides is 2. The lowest BCUT2D eigenvalue weighted by Gasteiger charge is -2.32. The third-order valence-electron chi connectivity index (χ3n) is 5.29. The molecule has 0 saturated carbocycles. The molecule has 0 aliphatic heterocycles. The Hall–Kier alpha value is -2.00. The summed E-state index contributed by atoms with van der Waals surface area (Å²) in [5, 5.41) is 3.81. The number of sulfonamides is 1. The van der Waals surface area contributed by atoms with Crippen molar-refractivity contribution in [2.24, 2.45) is 0 Å². The standard InChI is InChI=1S/C23H28Cl3N3O4S/c1-5-15(2)27-23(31)16(3)28(13-17-6-8-18(24)9-7-17)22(30)14-29(34(4,32)33)21-11-10-19(25)12-20(21)26/h6-12,15-16H,5,13-14H2,1-4H3,(H,27,31). The van der Waals surface area contributed by atoms with Gasteiger partial charge in [0.2, 0.25) is 21.8 Å². The maximum absolute atomic E-state index is 13.5. The van der Waals surface area contributed by atoms with Gasteiger partial charge in [0.05, 0.1) is 17.0 Å². The molecule has 7 nitrogen and oxygen atoms in total. The Bertz CT molecular complexity index is 1130. The van der Waals surface area contributed by atoms with E-state index in [1.54, 1.807) is 31.2 Å². The molecule has 0 fully saturated rings. The Balaban J connectivity index is 2.41. The smallest absolute Gasteiger partial charge is 0.244 e. The molecule has 2 unspecified atom stereocenters. The number of benzene rings is 2. The van der Waals surface area contributed by atoms with E-state index in [0.29, 0.717) is 10.0 Å². The van der Waals surface area contributed by atoms with Crippen molar-refractivity contribution in [3.05, 3.63) is 63.1 Å². The van der Waals surface area contributed by atoms with Gasteiger partial charge in [0.15, 0.2) is 0 Å².